The van der Waals surface area contributed by atoms with Crippen LogP contribution >= 0.6 is 0 Å². The predicted molar refractivity (Wildman–Crippen MR) is 73.6 cm³/mol. The molecule has 0 amide bonds. The van der Waals surface area contributed by atoms with E-state index in [2.05, 4.69) is 34.9 Å². The van der Waals surface area contributed by atoms with Crippen LogP contribution in [0.25, 0.3) is 0 Å². The van der Waals surface area contributed by atoms with E-state index in [1.54, 1.807) is 0 Å². The Kier molecular flexibility index (Phi) is 3.18. The lowest BCUT2D eigenvalue weighted by molar-refractivity contribution is 0.402. The fourth-order valence-electron chi connectivity index (χ4n) is 3.77. The molecular formula is C15H25N3. The molecule has 100 valence electrons. The summed E-state index contributed by atoms with van der Waals surface area (Å²) >= 11 is 0. The minimum Gasteiger partial charge on any atom is -0.334 e. The summed E-state index contributed by atoms with van der Waals surface area (Å²) in [6, 6.07) is 0. The first-order valence-corrected chi connectivity index (χ1v) is 7.39. The van der Waals surface area contributed by atoms with E-state index in [9.17, 15) is 0 Å². The van der Waals surface area contributed by atoms with Crippen LogP contribution in [0.3, 0.4) is 0 Å². The summed E-state index contributed by atoms with van der Waals surface area (Å²) in [7, 11) is 0. The highest BCUT2D eigenvalue weighted by atomic mass is 15.1. The van der Waals surface area contributed by atoms with Crippen LogP contribution < -0.4 is 5.32 Å². The van der Waals surface area contributed by atoms with E-state index in [-0.39, 0.29) is 0 Å². The highest BCUT2D eigenvalue weighted by molar-refractivity contribution is 5.17. The van der Waals surface area contributed by atoms with Gasteiger partial charge in [0.1, 0.15) is 0 Å². The molecule has 2 fully saturated rings. The lowest BCUT2D eigenvalue weighted by Crippen LogP contribution is -2.28. The molecule has 1 saturated carbocycles. The third kappa shape index (κ3) is 2.20. The number of hydrogen-bond acceptors (Lipinski definition) is 2. The molecule has 0 aromatic carbocycles. The molecule has 3 nitrogen and oxygen atoms in total. The van der Waals surface area contributed by atoms with E-state index in [1.165, 1.54) is 37.9 Å². The molecule has 1 aliphatic carbocycles. The second kappa shape index (κ2) is 4.69. The first kappa shape index (κ1) is 12.2. The van der Waals surface area contributed by atoms with Gasteiger partial charge in [0.05, 0.1) is 6.33 Å². The quantitative estimate of drug-likeness (QED) is 0.889. The zero-order valence-corrected chi connectivity index (χ0v) is 11.7. The van der Waals surface area contributed by atoms with Crippen LogP contribution in [-0.2, 0) is 12.0 Å². The van der Waals surface area contributed by atoms with Crippen LogP contribution in [0.5, 0.6) is 0 Å². The van der Waals surface area contributed by atoms with E-state index in [0.29, 0.717) is 5.41 Å². The number of imidazole rings is 1. The van der Waals surface area contributed by atoms with Gasteiger partial charge in [-0.1, -0.05) is 20.3 Å². The van der Waals surface area contributed by atoms with Crippen LogP contribution in [0, 0.1) is 11.8 Å². The maximum atomic E-state index is 4.41. The van der Waals surface area contributed by atoms with Crippen molar-refractivity contribution < 1.29 is 0 Å². The molecule has 3 atom stereocenters. The summed E-state index contributed by atoms with van der Waals surface area (Å²) in [6.07, 6.45) is 9.57. The van der Waals surface area contributed by atoms with E-state index in [4.69, 9.17) is 0 Å². The van der Waals surface area contributed by atoms with E-state index >= 15 is 0 Å². The zero-order valence-electron chi connectivity index (χ0n) is 11.7. The molecule has 1 aromatic heterocycles. The van der Waals surface area contributed by atoms with Gasteiger partial charge in [-0.05, 0) is 37.6 Å². The fraction of sp³-hybridized carbons (Fsp3) is 0.800. The average molecular weight is 247 g/mol. The van der Waals surface area contributed by atoms with Crippen LogP contribution in [0.1, 0.15) is 45.2 Å². The van der Waals surface area contributed by atoms with Crippen molar-refractivity contribution in [2.45, 2.75) is 51.5 Å². The molecule has 1 aliphatic heterocycles. The third-order valence-corrected chi connectivity index (χ3v) is 4.96. The normalized spacial score (nSPS) is 36.3. The topological polar surface area (TPSA) is 29.9 Å². The van der Waals surface area contributed by atoms with Crippen molar-refractivity contribution in [3.05, 3.63) is 18.2 Å². The summed E-state index contributed by atoms with van der Waals surface area (Å²) in [5.41, 5.74) is 1.73. The van der Waals surface area contributed by atoms with Gasteiger partial charge < -0.3 is 9.88 Å². The Bertz CT molecular complexity index is 404. The standard InChI is InChI=1S/C15H25N3/c1-12-3-4-13(7-12)9-18-11-17-8-14(18)15(2)5-6-16-10-15/h8,11-13,16H,3-7,9-10H2,1-2H3. The predicted octanol–water partition coefficient (Wildman–Crippen LogP) is 2.57. The van der Waals surface area contributed by atoms with E-state index in [1.807, 2.05) is 6.33 Å². The smallest absolute Gasteiger partial charge is 0.0948 e. The van der Waals surface area contributed by atoms with Gasteiger partial charge >= 0.3 is 0 Å². The van der Waals surface area contributed by atoms with Gasteiger partial charge in [0.2, 0.25) is 0 Å². The van der Waals surface area contributed by atoms with Gasteiger partial charge in [0.25, 0.3) is 0 Å². The van der Waals surface area contributed by atoms with Crippen molar-refractivity contribution in [1.29, 1.82) is 0 Å². The van der Waals surface area contributed by atoms with Crippen molar-refractivity contribution in [1.82, 2.24) is 14.9 Å². The Morgan fingerprint density at radius 3 is 3.06 bits per heavy atom. The lowest BCUT2D eigenvalue weighted by atomic mass is 9.86. The molecule has 2 aliphatic rings. The number of aromatic nitrogens is 2. The van der Waals surface area contributed by atoms with Gasteiger partial charge in [-0.3, -0.25) is 0 Å². The Labute approximate surface area is 110 Å². The molecule has 3 rings (SSSR count). The van der Waals surface area contributed by atoms with Crippen molar-refractivity contribution in [3.63, 3.8) is 0 Å². The SMILES string of the molecule is CC1CCC(Cn2cncc2C2(C)CCNC2)C1. The first-order chi connectivity index (χ1) is 8.67. The largest absolute Gasteiger partial charge is 0.334 e. The van der Waals surface area contributed by atoms with Crippen molar-refractivity contribution in [3.8, 4) is 0 Å². The number of nitrogens with one attached hydrogen (secondary N) is 1. The maximum absolute atomic E-state index is 4.41. The van der Waals surface area contributed by atoms with Gasteiger partial charge in [0.15, 0.2) is 0 Å². The lowest BCUT2D eigenvalue weighted by Gasteiger charge is -2.25. The summed E-state index contributed by atoms with van der Waals surface area (Å²) in [6.45, 7) is 8.17. The zero-order chi connectivity index (χ0) is 12.6. The Balaban J connectivity index is 1.75. The van der Waals surface area contributed by atoms with Crippen molar-refractivity contribution in [2.75, 3.05) is 13.1 Å². The van der Waals surface area contributed by atoms with Gasteiger partial charge in [0, 0.05) is 30.4 Å². The fourth-order valence-corrected chi connectivity index (χ4v) is 3.77. The number of nitrogens with zero attached hydrogens (tertiary/aromatic N) is 2. The molecule has 18 heavy (non-hydrogen) atoms. The minimum absolute atomic E-state index is 0.292. The Morgan fingerprint density at radius 2 is 2.39 bits per heavy atom. The van der Waals surface area contributed by atoms with Crippen molar-refractivity contribution in [2.24, 2.45) is 11.8 Å². The van der Waals surface area contributed by atoms with Crippen LogP contribution in [0.4, 0.5) is 0 Å². The van der Waals surface area contributed by atoms with Crippen molar-refractivity contribution >= 4 is 0 Å². The monoisotopic (exact) mass is 247 g/mol. The third-order valence-electron chi connectivity index (χ3n) is 4.96. The summed E-state index contributed by atoms with van der Waals surface area (Å²) in [5.74, 6) is 1.79. The summed E-state index contributed by atoms with van der Waals surface area (Å²) in [4.78, 5) is 4.41. The minimum atomic E-state index is 0.292. The second-order valence-corrected chi connectivity index (χ2v) is 6.70. The first-order valence-electron chi connectivity index (χ1n) is 7.39. The molecule has 2 heterocycles. The molecular weight excluding hydrogens is 222 g/mol. The maximum Gasteiger partial charge on any atom is 0.0948 e. The molecule has 0 radical (unpaired) electrons. The molecule has 0 bridgehead atoms. The Morgan fingerprint density at radius 1 is 1.50 bits per heavy atom. The molecule has 1 saturated heterocycles. The number of hydrogen-bond donors (Lipinski definition) is 1. The highest BCUT2D eigenvalue weighted by Gasteiger charge is 2.34. The Hall–Kier alpha value is -0.830. The number of rotatable bonds is 3. The van der Waals surface area contributed by atoms with Gasteiger partial charge in [-0.15, -0.1) is 0 Å². The molecule has 3 heteroatoms. The summed E-state index contributed by atoms with van der Waals surface area (Å²) in [5, 5.41) is 3.49. The van der Waals surface area contributed by atoms with Crippen LogP contribution in [-0.4, -0.2) is 22.6 Å². The van der Waals surface area contributed by atoms with Crippen LogP contribution in [0.15, 0.2) is 12.5 Å². The molecule has 0 spiro atoms. The van der Waals surface area contributed by atoms with Gasteiger partial charge in [-0.2, -0.15) is 0 Å². The van der Waals surface area contributed by atoms with E-state index in [0.717, 1.165) is 24.9 Å². The molecule has 1 N–H and O–H groups in total. The van der Waals surface area contributed by atoms with Gasteiger partial charge in [-0.25, -0.2) is 4.98 Å². The molecule has 3 unspecified atom stereocenters. The second-order valence-electron chi connectivity index (χ2n) is 6.70. The average Bonchev–Trinajstić information content (AvgIpc) is 3.02. The van der Waals surface area contributed by atoms with E-state index < -0.39 is 0 Å². The summed E-state index contributed by atoms with van der Waals surface area (Å²) < 4.78 is 2.43. The highest BCUT2D eigenvalue weighted by Crippen LogP contribution is 2.34. The molecule has 1 aromatic rings. The van der Waals surface area contributed by atoms with Crippen LogP contribution in [0.2, 0.25) is 0 Å².